The number of anilines is 2. The number of nitrogens with one attached hydrogen (secondary N) is 3. The summed E-state index contributed by atoms with van der Waals surface area (Å²) in [6.45, 7) is 4.14. The molecule has 0 aliphatic rings. The molecule has 4 aromatic carbocycles. The van der Waals surface area contributed by atoms with Crippen molar-refractivity contribution in [2.45, 2.75) is 24.0 Å². The Morgan fingerprint density at radius 2 is 1.59 bits per heavy atom. The summed E-state index contributed by atoms with van der Waals surface area (Å²) in [5, 5.41) is 18.6. The highest BCUT2D eigenvalue weighted by atomic mass is 32.2. The Balaban J connectivity index is 1.46. The van der Waals surface area contributed by atoms with Crippen LogP contribution in [0.2, 0.25) is 0 Å². The van der Waals surface area contributed by atoms with Crippen LogP contribution in [-0.2, 0) is 9.59 Å². The van der Waals surface area contributed by atoms with Crippen LogP contribution in [-0.4, -0.2) is 34.5 Å². The minimum absolute atomic E-state index is 0.0388. The number of carbonyl (C=O) groups is 3. The van der Waals surface area contributed by atoms with Gasteiger partial charge in [0.05, 0.1) is 16.8 Å². The van der Waals surface area contributed by atoms with E-state index >= 15 is 0 Å². The lowest BCUT2D eigenvalue weighted by atomic mass is 10.1. The van der Waals surface area contributed by atoms with E-state index in [0.717, 1.165) is 4.90 Å². The summed E-state index contributed by atoms with van der Waals surface area (Å²) >= 11 is 1.28. The minimum Gasteiger partial charge on any atom is -0.494 e. The number of hydrogen-bond donors (Lipinski definition) is 3. The number of non-ortho nitro benzene ring substituents is 1. The number of nitro benzene ring substituents is 1. The first-order valence-electron chi connectivity index (χ1n) is 13.7. The van der Waals surface area contributed by atoms with Gasteiger partial charge >= 0.3 is 0 Å². The van der Waals surface area contributed by atoms with E-state index in [0.29, 0.717) is 34.9 Å². The highest BCUT2D eigenvalue weighted by Gasteiger charge is 2.18. The van der Waals surface area contributed by atoms with Gasteiger partial charge in [-0.1, -0.05) is 36.4 Å². The summed E-state index contributed by atoms with van der Waals surface area (Å²) in [5.74, 6) is -0.569. The van der Waals surface area contributed by atoms with E-state index in [1.54, 1.807) is 85.8 Å². The average molecular weight is 611 g/mol. The maximum atomic E-state index is 13.4. The van der Waals surface area contributed by atoms with Gasteiger partial charge in [0.2, 0.25) is 5.91 Å². The number of nitrogens with zero attached hydrogens (tertiary/aromatic N) is 1. The number of carbonyl (C=O) groups excluding carboxylic acids is 3. The Hall–Kier alpha value is -5.42. The monoisotopic (exact) mass is 610 g/mol. The fourth-order valence-corrected chi connectivity index (χ4v) is 4.88. The zero-order valence-electron chi connectivity index (χ0n) is 24.0. The van der Waals surface area contributed by atoms with Gasteiger partial charge in [0.15, 0.2) is 0 Å². The number of nitro groups is 1. The first kappa shape index (κ1) is 31.5. The molecule has 0 saturated heterocycles. The van der Waals surface area contributed by atoms with E-state index in [1.807, 2.05) is 13.0 Å². The van der Waals surface area contributed by atoms with Crippen molar-refractivity contribution in [2.24, 2.45) is 0 Å². The lowest BCUT2D eigenvalue weighted by Gasteiger charge is -2.14. The predicted molar refractivity (Wildman–Crippen MR) is 172 cm³/mol. The van der Waals surface area contributed by atoms with Crippen molar-refractivity contribution in [3.8, 4) is 5.75 Å². The molecule has 0 bridgehead atoms. The van der Waals surface area contributed by atoms with Crippen molar-refractivity contribution in [1.29, 1.82) is 0 Å². The molecular formula is C33H30N4O6S. The highest BCUT2D eigenvalue weighted by molar-refractivity contribution is 8.00. The van der Waals surface area contributed by atoms with Gasteiger partial charge in [0.1, 0.15) is 11.4 Å². The Kier molecular flexibility index (Phi) is 10.9. The van der Waals surface area contributed by atoms with Gasteiger partial charge in [-0.3, -0.25) is 24.5 Å². The highest BCUT2D eigenvalue weighted by Crippen LogP contribution is 2.27. The molecule has 3 N–H and O–H groups in total. The molecule has 0 saturated carbocycles. The normalized spacial score (nSPS) is 11.6. The molecule has 224 valence electrons. The fraction of sp³-hybridized carbons (Fsp3) is 0.121. The van der Waals surface area contributed by atoms with Crippen LogP contribution in [0.1, 0.15) is 29.8 Å². The van der Waals surface area contributed by atoms with Crippen LogP contribution >= 0.6 is 11.8 Å². The summed E-state index contributed by atoms with van der Waals surface area (Å²) in [6.07, 6.45) is 1.58. The Labute approximate surface area is 258 Å². The van der Waals surface area contributed by atoms with E-state index < -0.39 is 22.0 Å². The van der Waals surface area contributed by atoms with Gasteiger partial charge in [-0.15, -0.1) is 11.8 Å². The van der Waals surface area contributed by atoms with E-state index in [2.05, 4.69) is 16.0 Å². The zero-order chi connectivity index (χ0) is 31.5. The van der Waals surface area contributed by atoms with Gasteiger partial charge in [-0.25, -0.2) is 0 Å². The number of ether oxygens (including phenoxy) is 1. The van der Waals surface area contributed by atoms with Gasteiger partial charge in [-0.2, -0.15) is 0 Å². The molecule has 0 radical (unpaired) electrons. The number of amides is 3. The van der Waals surface area contributed by atoms with E-state index in [4.69, 9.17) is 4.74 Å². The van der Waals surface area contributed by atoms with Crippen molar-refractivity contribution < 1.29 is 24.0 Å². The second kappa shape index (κ2) is 15.2. The van der Waals surface area contributed by atoms with Crippen molar-refractivity contribution in [2.75, 3.05) is 17.2 Å². The molecule has 1 atom stereocenters. The molecule has 4 aromatic rings. The molecule has 0 spiro atoms. The number of thioether (sulfide) groups is 1. The average Bonchev–Trinajstić information content (AvgIpc) is 3.02. The Morgan fingerprint density at radius 1 is 0.886 bits per heavy atom. The minimum atomic E-state index is -0.533. The van der Waals surface area contributed by atoms with Crippen LogP contribution < -0.4 is 20.7 Å². The standard InChI is InChI=1S/C33H30N4O6S/c1-3-43-28-18-12-23(13-19-28)20-30(36-32(39)24-8-5-4-6-9-24)33(40)35-26-10-7-11-29(21-26)44-22(2)31(38)34-25-14-16-27(17-15-25)37(41)42/h4-22H,3H2,1-2H3,(H,34,38)(H,35,40)(H,36,39)/b30-20+. The lowest BCUT2D eigenvalue weighted by Crippen LogP contribution is -2.30. The Bertz CT molecular complexity index is 1660. The summed E-state index contributed by atoms with van der Waals surface area (Å²) in [5.41, 5.74) is 1.97. The molecule has 0 aliphatic carbocycles. The van der Waals surface area contributed by atoms with Gasteiger partial charge in [-0.05, 0) is 80.1 Å². The van der Waals surface area contributed by atoms with Crippen LogP contribution in [0, 0.1) is 10.1 Å². The third-order valence-corrected chi connectivity index (χ3v) is 7.24. The van der Waals surface area contributed by atoms with Crippen LogP contribution in [0.15, 0.2) is 114 Å². The smallest absolute Gasteiger partial charge is 0.272 e. The molecular weight excluding hydrogens is 580 g/mol. The first-order valence-corrected chi connectivity index (χ1v) is 14.5. The molecule has 0 heterocycles. The quantitative estimate of drug-likeness (QED) is 0.0718. The van der Waals surface area contributed by atoms with Crippen LogP contribution in [0.25, 0.3) is 6.08 Å². The molecule has 11 heteroatoms. The molecule has 3 amide bonds. The fourth-order valence-electron chi connectivity index (χ4n) is 3.95. The lowest BCUT2D eigenvalue weighted by molar-refractivity contribution is -0.384. The van der Waals surface area contributed by atoms with E-state index in [1.165, 1.54) is 36.0 Å². The topological polar surface area (TPSA) is 140 Å². The van der Waals surface area contributed by atoms with Crippen molar-refractivity contribution in [3.63, 3.8) is 0 Å². The summed E-state index contributed by atoms with van der Waals surface area (Å²) < 4.78 is 5.49. The molecule has 1 unspecified atom stereocenters. The Morgan fingerprint density at radius 3 is 2.25 bits per heavy atom. The predicted octanol–water partition coefficient (Wildman–Crippen LogP) is 6.52. The molecule has 4 rings (SSSR count). The third kappa shape index (κ3) is 9.04. The maximum absolute atomic E-state index is 13.4. The summed E-state index contributed by atoms with van der Waals surface area (Å²) in [4.78, 5) is 50.2. The molecule has 10 nitrogen and oxygen atoms in total. The van der Waals surface area contributed by atoms with Crippen LogP contribution in [0.5, 0.6) is 5.75 Å². The number of hydrogen-bond acceptors (Lipinski definition) is 7. The summed E-state index contributed by atoms with van der Waals surface area (Å²) in [7, 11) is 0. The largest absolute Gasteiger partial charge is 0.494 e. The van der Waals surface area contributed by atoms with Crippen LogP contribution in [0.4, 0.5) is 17.1 Å². The molecule has 0 fully saturated rings. The van der Waals surface area contributed by atoms with Gasteiger partial charge in [0.25, 0.3) is 17.5 Å². The first-order chi connectivity index (χ1) is 21.2. The van der Waals surface area contributed by atoms with Gasteiger partial charge < -0.3 is 20.7 Å². The molecule has 44 heavy (non-hydrogen) atoms. The SMILES string of the molecule is CCOc1ccc(/C=C(/NC(=O)c2ccccc2)C(=O)Nc2cccc(SC(C)C(=O)Nc3ccc([N+](=O)[O-])cc3)c2)cc1. The molecule has 0 aliphatic heterocycles. The van der Waals surface area contributed by atoms with Crippen molar-refractivity contribution in [3.05, 3.63) is 130 Å². The number of benzene rings is 4. The van der Waals surface area contributed by atoms with Gasteiger partial charge in [0, 0.05) is 34.0 Å². The second-order valence-electron chi connectivity index (χ2n) is 9.42. The zero-order valence-corrected chi connectivity index (χ0v) is 24.8. The van der Waals surface area contributed by atoms with E-state index in [-0.39, 0.29) is 17.3 Å². The van der Waals surface area contributed by atoms with Crippen molar-refractivity contribution in [1.82, 2.24) is 5.32 Å². The second-order valence-corrected chi connectivity index (χ2v) is 10.8. The third-order valence-electron chi connectivity index (χ3n) is 6.15. The molecule has 0 aromatic heterocycles. The van der Waals surface area contributed by atoms with E-state index in [9.17, 15) is 24.5 Å². The van der Waals surface area contributed by atoms with Crippen molar-refractivity contribution >= 4 is 52.6 Å². The van der Waals surface area contributed by atoms with Crippen LogP contribution in [0.3, 0.4) is 0 Å². The number of rotatable bonds is 12. The maximum Gasteiger partial charge on any atom is 0.272 e. The summed E-state index contributed by atoms with van der Waals surface area (Å²) in [6, 6.07) is 28.3.